The first-order valence-electron chi connectivity index (χ1n) is 15.0. The Balaban J connectivity index is 1.60. The summed E-state index contributed by atoms with van der Waals surface area (Å²) < 4.78 is 46.5. The number of halogens is 4. The standard InChI is InChI=1S/C33H28ClF3N8O4/c1-43-16-21-20(6-3-9-38)30(22(34)11-26(21)42-43)40-31-41-32(48)45(33(49)44(31)15-19-10-24(36)25(37)12-23(19)35)27-14-39-13-18-5-2-4-17(29(18)27)7-8-28(46)47/h2,4-5,10-14,16H,3,6-9,15,38H2,1H3,(H,46,47)(H,40,41,48). The van der Waals surface area contributed by atoms with E-state index in [2.05, 4.69) is 20.4 Å². The van der Waals surface area contributed by atoms with Crippen LogP contribution in [0.2, 0.25) is 5.02 Å². The fraction of sp³-hybridized carbons (Fsp3) is 0.212. The molecule has 3 aromatic carbocycles. The zero-order valence-corrected chi connectivity index (χ0v) is 26.6. The van der Waals surface area contributed by atoms with E-state index in [4.69, 9.17) is 17.3 Å². The van der Waals surface area contributed by atoms with E-state index in [9.17, 15) is 28.3 Å². The molecule has 0 unspecified atom stereocenters. The Morgan fingerprint density at radius 3 is 2.57 bits per heavy atom. The molecular formula is C33H28ClF3N8O4. The maximum absolute atomic E-state index is 15.0. The summed E-state index contributed by atoms with van der Waals surface area (Å²) in [6.07, 6.45) is 5.32. The predicted octanol–water partition coefficient (Wildman–Crippen LogP) is 4.60. The number of aryl methyl sites for hydroxylation is 3. The summed E-state index contributed by atoms with van der Waals surface area (Å²) in [5.74, 6) is -5.33. The first kappa shape index (κ1) is 33.4. The summed E-state index contributed by atoms with van der Waals surface area (Å²) in [6, 6.07) is 7.59. The van der Waals surface area contributed by atoms with Crippen LogP contribution in [0.5, 0.6) is 0 Å². The largest absolute Gasteiger partial charge is 0.481 e. The minimum Gasteiger partial charge on any atom is -0.481 e. The molecule has 3 heterocycles. The van der Waals surface area contributed by atoms with Crippen LogP contribution in [-0.4, -0.2) is 46.5 Å². The number of benzene rings is 3. The van der Waals surface area contributed by atoms with Gasteiger partial charge in [0.15, 0.2) is 11.6 Å². The van der Waals surface area contributed by atoms with Crippen molar-refractivity contribution in [1.29, 1.82) is 0 Å². The van der Waals surface area contributed by atoms with Crippen molar-refractivity contribution in [2.75, 3.05) is 11.9 Å². The van der Waals surface area contributed by atoms with Crippen LogP contribution in [-0.2, 0) is 31.2 Å². The molecule has 0 fully saturated rings. The van der Waals surface area contributed by atoms with Gasteiger partial charge < -0.3 is 16.2 Å². The zero-order chi connectivity index (χ0) is 35.0. The van der Waals surface area contributed by atoms with E-state index in [0.717, 1.165) is 4.57 Å². The number of nitrogens with two attached hydrogens (primary N) is 1. The molecule has 0 aliphatic heterocycles. The molecule has 6 rings (SSSR count). The van der Waals surface area contributed by atoms with Crippen molar-refractivity contribution in [2.45, 2.75) is 32.2 Å². The average molecular weight is 693 g/mol. The number of hydrogen-bond acceptors (Lipinski definition) is 8. The van der Waals surface area contributed by atoms with Crippen molar-refractivity contribution in [2.24, 2.45) is 12.8 Å². The summed E-state index contributed by atoms with van der Waals surface area (Å²) >= 11 is 6.72. The molecule has 252 valence electrons. The molecule has 0 radical (unpaired) electrons. The number of hydrogen-bond donors (Lipinski definition) is 3. The fourth-order valence-corrected chi connectivity index (χ4v) is 6.07. The number of aliphatic carboxylic acids is 1. The lowest BCUT2D eigenvalue weighted by Gasteiger charge is -2.19. The molecule has 12 nitrogen and oxygen atoms in total. The van der Waals surface area contributed by atoms with Crippen molar-refractivity contribution >= 4 is 50.9 Å². The van der Waals surface area contributed by atoms with Gasteiger partial charge in [-0.3, -0.25) is 19.0 Å². The van der Waals surface area contributed by atoms with Crippen LogP contribution >= 0.6 is 11.6 Å². The lowest BCUT2D eigenvalue weighted by atomic mass is 10.0. The van der Waals surface area contributed by atoms with Crippen molar-refractivity contribution in [3.05, 3.63) is 115 Å². The van der Waals surface area contributed by atoms with Gasteiger partial charge >= 0.3 is 17.3 Å². The monoisotopic (exact) mass is 692 g/mol. The molecule has 3 aromatic heterocycles. The molecule has 0 amide bonds. The Morgan fingerprint density at radius 2 is 1.82 bits per heavy atom. The van der Waals surface area contributed by atoms with Crippen LogP contribution in [0.1, 0.15) is 29.5 Å². The number of pyridine rings is 1. The number of nitrogens with zero attached hydrogens (tertiary/aromatic N) is 6. The number of anilines is 2. The summed E-state index contributed by atoms with van der Waals surface area (Å²) in [6.45, 7) is -0.345. The van der Waals surface area contributed by atoms with Crippen LogP contribution in [0.4, 0.5) is 24.8 Å². The fourth-order valence-electron chi connectivity index (χ4n) is 5.81. The number of nitrogens with one attached hydrogen (secondary N) is 1. The van der Waals surface area contributed by atoms with Gasteiger partial charge in [0.05, 0.1) is 34.7 Å². The molecule has 49 heavy (non-hydrogen) atoms. The summed E-state index contributed by atoms with van der Waals surface area (Å²) in [5, 5.41) is 18.5. The lowest BCUT2D eigenvalue weighted by Crippen LogP contribution is -2.42. The lowest BCUT2D eigenvalue weighted by molar-refractivity contribution is -0.136. The van der Waals surface area contributed by atoms with Crippen molar-refractivity contribution in [3.63, 3.8) is 0 Å². The van der Waals surface area contributed by atoms with Crippen molar-refractivity contribution < 1.29 is 23.1 Å². The maximum Gasteiger partial charge on any atom is 0.359 e. The molecule has 4 N–H and O–H groups in total. The highest BCUT2D eigenvalue weighted by Gasteiger charge is 2.23. The van der Waals surface area contributed by atoms with E-state index in [0.29, 0.717) is 68.9 Å². The average Bonchev–Trinajstić information content (AvgIpc) is 3.43. The van der Waals surface area contributed by atoms with E-state index < -0.39 is 46.9 Å². The topological polar surface area (TPSA) is 163 Å². The van der Waals surface area contributed by atoms with Gasteiger partial charge in [-0.2, -0.15) is 10.1 Å². The van der Waals surface area contributed by atoms with Crippen LogP contribution in [0.15, 0.2) is 64.6 Å². The second-order valence-corrected chi connectivity index (χ2v) is 11.7. The molecule has 0 atom stereocenters. The summed E-state index contributed by atoms with van der Waals surface area (Å²) in [7, 11) is 1.73. The van der Waals surface area contributed by atoms with Gasteiger partial charge in [-0.05, 0) is 49.1 Å². The quantitative estimate of drug-likeness (QED) is 0.165. The highest BCUT2D eigenvalue weighted by atomic mass is 35.5. The van der Waals surface area contributed by atoms with Crippen molar-refractivity contribution in [1.82, 2.24) is 28.9 Å². The van der Waals surface area contributed by atoms with Crippen LogP contribution in [0.3, 0.4) is 0 Å². The molecule has 0 saturated carbocycles. The maximum atomic E-state index is 15.0. The van der Waals surface area contributed by atoms with E-state index >= 15 is 4.39 Å². The first-order valence-corrected chi connectivity index (χ1v) is 15.4. The van der Waals surface area contributed by atoms with Gasteiger partial charge in [0, 0.05) is 53.7 Å². The van der Waals surface area contributed by atoms with Crippen LogP contribution in [0, 0.1) is 17.5 Å². The van der Waals surface area contributed by atoms with Gasteiger partial charge in [0.25, 0.3) is 0 Å². The molecule has 0 aliphatic carbocycles. The highest BCUT2D eigenvalue weighted by Crippen LogP contribution is 2.36. The van der Waals surface area contributed by atoms with Gasteiger partial charge in [-0.1, -0.05) is 29.8 Å². The van der Waals surface area contributed by atoms with Crippen molar-refractivity contribution in [3.8, 4) is 5.69 Å². The minimum absolute atomic E-state index is 0.00880. The number of rotatable bonds is 11. The van der Waals surface area contributed by atoms with Crippen LogP contribution in [0.25, 0.3) is 27.4 Å². The molecule has 16 heteroatoms. The third-order valence-electron chi connectivity index (χ3n) is 8.04. The molecule has 0 bridgehead atoms. The third-order valence-corrected chi connectivity index (χ3v) is 8.34. The second-order valence-electron chi connectivity index (χ2n) is 11.3. The molecule has 0 saturated heterocycles. The zero-order valence-electron chi connectivity index (χ0n) is 25.9. The van der Waals surface area contributed by atoms with E-state index in [1.54, 1.807) is 42.2 Å². The SMILES string of the molecule is Cn1cc2c(CCCN)c(Nc3nc(=O)n(-c4cncc5cccc(CCC(=O)O)c45)c(=O)n3Cc3cc(F)c(F)cc3F)c(Cl)cc2n1. The number of carboxylic acid groups (broad SMARTS) is 1. The Bertz CT molecular complexity index is 2390. The number of aromatic nitrogens is 6. The Kier molecular flexibility index (Phi) is 9.21. The number of carboxylic acids is 1. The van der Waals surface area contributed by atoms with E-state index in [1.165, 1.54) is 12.4 Å². The highest BCUT2D eigenvalue weighted by molar-refractivity contribution is 6.34. The van der Waals surface area contributed by atoms with Crippen LogP contribution < -0.4 is 22.4 Å². The van der Waals surface area contributed by atoms with Gasteiger partial charge in [0.1, 0.15) is 5.82 Å². The number of fused-ring (bicyclic) bond motifs is 2. The molecule has 0 spiro atoms. The summed E-state index contributed by atoms with van der Waals surface area (Å²) in [4.78, 5) is 48.0. The smallest absolute Gasteiger partial charge is 0.359 e. The first-order chi connectivity index (χ1) is 23.5. The van der Waals surface area contributed by atoms with E-state index in [1.807, 2.05) is 0 Å². The minimum atomic E-state index is -1.42. The van der Waals surface area contributed by atoms with Gasteiger partial charge in [-0.25, -0.2) is 27.3 Å². The molecule has 0 aliphatic rings. The predicted molar refractivity (Wildman–Crippen MR) is 177 cm³/mol. The number of carbonyl (C=O) groups is 1. The normalized spacial score (nSPS) is 11.5. The Labute approximate surface area is 280 Å². The van der Waals surface area contributed by atoms with Gasteiger partial charge in [0.2, 0.25) is 5.95 Å². The van der Waals surface area contributed by atoms with E-state index in [-0.39, 0.29) is 35.2 Å². The summed E-state index contributed by atoms with van der Waals surface area (Å²) in [5.41, 5.74) is 5.34. The molecular weight excluding hydrogens is 665 g/mol. The third kappa shape index (κ3) is 6.49. The molecule has 6 aromatic rings. The second kappa shape index (κ2) is 13.5. The Morgan fingerprint density at radius 1 is 1.04 bits per heavy atom. The van der Waals surface area contributed by atoms with Gasteiger partial charge in [-0.15, -0.1) is 0 Å². The Hall–Kier alpha value is -5.54.